The van der Waals surface area contributed by atoms with Crippen molar-refractivity contribution in [3.63, 3.8) is 0 Å². The third kappa shape index (κ3) is 3.47. The first-order valence-corrected chi connectivity index (χ1v) is 7.30. The van der Waals surface area contributed by atoms with Crippen LogP contribution in [0.5, 0.6) is 5.75 Å². The average molecular weight is 316 g/mol. The Kier molecular flexibility index (Phi) is 4.38. The zero-order valence-electron chi connectivity index (χ0n) is 11.0. The lowest BCUT2D eigenvalue weighted by Gasteiger charge is -2.10. The van der Waals surface area contributed by atoms with E-state index in [-0.39, 0.29) is 35.2 Å². The Morgan fingerprint density at radius 3 is 2.81 bits per heavy atom. The van der Waals surface area contributed by atoms with Crippen molar-refractivity contribution < 1.29 is 22.1 Å². The van der Waals surface area contributed by atoms with Crippen LogP contribution in [0.4, 0.5) is 10.1 Å². The number of hydrogen-bond acceptors (Lipinski definition) is 7. The van der Waals surface area contributed by atoms with Crippen molar-refractivity contribution in [1.29, 1.82) is 0 Å². The summed E-state index contributed by atoms with van der Waals surface area (Å²) in [7, 11) is -2.66. The minimum absolute atomic E-state index is 0.0259. The van der Waals surface area contributed by atoms with Crippen LogP contribution in [0.3, 0.4) is 0 Å². The number of hydrogen-bond donors (Lipinski definition) is 2. The van der Waals surface area contributed by atoms with Crippen LogP contribution in [0.1, 0.15) is 5.89 Å². The van der Waals surface area contributed by atoms with E-state index in [9.17, 15) is 12.8 Å². The van der Waals surface area contributed by atoms with E-state index < -0.39 is 15.8 Å². The summed E-state index contributed by atoms with van der Waals surface area (Å²) in [5.74, 6) is -0.757. The number of nitrogen functional groups attached to an aromatic ring is 1. The highest BCUT2D eigenvalue weighted by molar-refractivity contribution is 7.89. The maximum atomic E-state index is 13.7. The van der Waals surface area contributed by atoms with Gasteiger partial charge in [-0.05, 0) is 12.1 Å². The molecule has 0 saturated heterocycles. The average Bonchev–Trinajstić information content (AvgIpc) is 2.91. The van der Waals surface area contributed by atoms with Gasteiger partial charge in [-0.25, -0.2) is 17.5 Å². The molecule has 1 aromatic heterocycles. The maximum Gasteiger partial charge on any atom is 0.240 e. The Labute approximate surface area is 120 Å². The summed E-state index contributed by atoms with van der Waals surface area (Å²) in [6.07, 6.45) is 1.43. The highest BCUT2D eigenvalue weighted by Crippen LogP contribution is 2.28. The number of halogens is 1. The molecule has 3 N–H and O–H groups in total. The normalized spacial score (nSPS) is 11.5. The Morgan fingerprint density at radius 2 is 2.24 bits per heavy atom. The van der Waals surface area contributed by atoms with Crippen LogP contribution < -0.4 is 15.2 Å². The number of benzene rings is 1. The molecule has 8 nitrogen and oxygen atoms in total. The van der Waals surface area contributed by atoms with Crippen molar-refractivity contribution in [1.82, 2.24) is 14.9 Å². The predicted molar refractivity (Wildman–Crippen MR) is 70.6 cm³/mol. The second-order valence-electron chi connectivity index (χ2n) is 4.01. The lowest BCUT2D eigenvalue weighted by atomic mass is 10.3. The van der Waals surface area contributed by atoms with Crippen LogP contribution in [-0.4, -0.2) is 32.2 Å². The molecule has 0 atom stereocenters. The summed E-state index contributed by atoms with van der Waals surface area (Å²) in [6.45, 7) is 0.0259. The zero-order chi connectivity index (χ0) is 15.5. The van der Waals surface area contributed by atoms with Crippen molar-refractivity contribution in [2.45, 2.75) is 11.3 Å². The molecule has 0 aliphatic rings. The Morgan fingerprint density at radius 1 is 1.48 bits per heavy atom. The Balaban J connectivity index is 2.12. The van der Waals surface area contributed by atoms with Crippen LogP contribution in [0.15, 0.2) is 27.9 Å². The SMILES string of the molecule is COc1c(N)cc(S(=O)(=O)NCCc2ncno2)cc1F. The van der Waals surface area contributed by atoms with Crippen molar-refractivity contribution >= 4 is 15.7 Å². The Bertz CT molecular complexity index is 695. The summed E-state index contributed by atoms with van der Waals surface area (Å²) < 4.78 is 49.5. The van der Waals surface area contributed by atoms with Gasteiger partial charge in [-0.1, -0.05) is 5.16 Å². The van der Waals surface area contributed by atoms with Crippen molar-refractivity contribution in [3.05, 3.63) is 30.2 Å². The molecule has 0 unspecified atom stereocenters. The summed E-state index contributed by atoms with van der Waals surface area (Å²) in [5.41, 5.74) is 5.44. The van der Waals surface area contributed by atoms with Gasteiger partial charge in [-0.2, -0.15) is 4.98 Å². The van der Waals surface area contributed by atoms with Gasteiger partial charge in [-0.3, -0.25) is 0 Å². The molecule has 0 radical (unpaired) electrons. The fourth-order valence-electron chi connectivity index (χ4n) is 1.64. The van der Waals surface area contributed by atoms with E-state index in [2.05, 4.69) is 14.9 Å². The largest absolute Gasteiger partial charge is 0.492 e. The monoisotopic (exact) mass is 316 g/mol. The maximum absolute atomic E-state index is 13.7. The van der Waals surface area contributed by atoms with Gasteiger partial charge in [0.1, 0.15) is 0 Å². The van der Waals surface area contributed by atoms with Crippen LogP contribution >= 0.6 is 0 Å². The summed E-state index contributed by atoms with van der Waals surface area (Å²) in [4.78, 5) is 3.46. The molecule has 0 spiro atoms. The molecule has 1 heterocycles. The third-order valence-corrected chi connectivity index (χ3v) is 4.04. The van der Waals surface area contributed by atoms with E-state index in [4.69, 9.17) is 15.0 Å². The Hall–Kier alpha value is -2.20. The van der Waals surface area contributed by atoms with Gasteiger partial charge in [0.15, 0.2) is 17.9 Å². The smallest absolute Gasteiger partial charge is 0.240 e. The molecular formula is C11H13FN4O4S. The third-order valence-electron chi connectivity index (χ3n) is 2.60. The second kappa shape index (κ2) is 6.06. The van der Waals surface area contributed by atoms with Crippen LogP contribution in [0.2, 0.25) is 0 Å². The fraction of sp³-hybridized carbons (Fsp3) is 0.273. The van der Waals surface area contributed by atoms with E-state index in [1.165, 1.54) is 13.4 Å². The number of rotatable bonds is 6. The molecule has 0 saturated carbocycles. The lowest BCUT2D eigenvalue weighted by Crippen LogP contribution is -2.26. The molecule has 1 aromatic carbocycles. The van der Waals surface area contributed by atoms with E-state index >= 15 is 0 Å². The number of aromatic nitrogens is 2. The first-order valence-electron chi connectivity index (χ1n) is 5.82. The first-order chi connectivity index (χ1) is 9.94. The van der Waals surface area contributed by atoms with Gasteiger partial charge < -0.3 is 15.0 Å². The van der Waals surface area contributed by atoms with Gasteiger partial charge >= 0.3 is 0 Å². The van der Waals surface area contributed by atoms with Crippen LogP contribution in [0, 0.1) is 5.82 Å². The van der Waals surface area contributed by atoms with Gasteiger partial charge in [0, 0.05) is 13.0 Å². The highest BCUT2D eigenvalue weighted by atomic mass is 32.2. The molecule has 2 aromatic rings. The molecule has 21 heavy (non-hydrogen) atoms. The topological polar surface area (TPSA) is 120 Å². The van der Waals surface area contributed by atoms with Crippen LogP contribution in [-0.2, 0) is 16.4 Å². The van der Waals surface area contributed by atoms with E-state index in [1.54, 1.807) is 0 Å². The van der Waals surface area contributed by atoms with Gasteiger partial charge in [0.2, 0.25) is 15.9 Å². The van der Waals surface area contributed by atoms with E-state index in [1.807, 2.05) is 0 Å². The second-order valence-corrected chi connectivity index (χ2v) is 5.78. The van der Waals surface area contributed by atoms with Gasteiger partial charge in [0.05, 0.1) is 17.7 Å². The fourth-order valence-corrected chi connectivity index (χ4v) is 2.72. The van der Waals surface area contributed by atoms with Crippen molar-refractivity contribution in [2.75, 3.05) is 19.4 Å². The molecule has 0 bridgehead atoms. The molecule has 0 aliphatic heterocycles. The molecule has 0 fully saturated rings. The molecule has 2 rings (SSSR count). The van der Waals surface area contributed by atoms with Crippen molar-refractivity contribution in [3.8, 4) is 5.75 Å². The molecule has 0 aliphatic carbocycles. The standard InChI is InChI=1S/C11H13FN4O4S/c1-19-11-8(12)4-7(5-9(11)13)21(17,18)16-3-2-10-14-6-15-20-10/h4-6,16H,2-3,13H2,1H3. The quantitative estimate of drug-likeness (QED) is 0.736. The molecule has 10 heteroatoms. The van der Waals surface area contributed by atoms with E-state index in [0.29, 0.717) is 0 Å². The summed E-state index contributed by atoms with van der Waals surface area (Å²) in [5, 5.41) is 3.39. The number of methoxy groups -OCH3 is 1. The lowest BCUT2D eigenvalue weighted by molar-refractivity contribution is 0.377. The molecule has 114 valence electrons. The number of ether oxygens (including phenoxy) is 1. The number of nitrogens with two attached hydrogens (primary N) is 1. The number of nitrogens with zero attached hydrogens (tertiary/aromatic N) is 2. The minimum Gasteiger partial charge on any atom is -0.492 e. The first kappa shape index (κ1) is 15.2. The highest BCUT2D eigenvalue weighted by Gasteiger charge is 2.19. The molecule has 0 amide bonds. The number of nitrogens with one attached hydrogen (secondary N) is 1. The summed E-state index contributed by atoms with van der Waals surface area (Å²) in [6, 6.07) is 1.96. The summed E-state index contributed by atoms with van der Waals surface area (Å²) >= 11 is 0. The minimum atomic E-state index is -3.90. The number of anilines is 1. The van der Waals surface area contributed by atoms with E-state index in [0.717, 1.165) is 12.1 Å². The predicted octanol–water partition coefficient (Wildman–Crippen LogP) is 0.321. The number of sulfonamides is 1. The van der Waals surface area contributed by atoms with Crippen LogP contribution in [0.25, 0.3) is 0 Å². The zero-order valence-corrected chi connectivity index (χ0v) is 11.9. The van der Waals surface area contributed by atoms with Gasteiger partial charge in [0.25, 0.3) is 0 Å². The van der Waals surface area contributed by atoms with Gasteiger partial charge in [-0.15, -0.1) is 0 Å². The molecular weight excluding hydrogens is 303 g/mol. The van der Waals surface area contributed by atoms with Crippen molar-refractivity contribution in [2.24, 2.45) is 0 Å².